The molecule has 0 radical (unpaired) electrons. The van der Waals surface area contributed by atoms with Crippen LogP contribution in [0.15, 0.2) is 91.0 Å². The summed E-state index contributed by atoms with van der Waals surface area (Å²) in [6, 6.07) is 28.0. The van der Waals surface area contributed by atoms with Crippen LogP contribution in [0.1, 0.15) is 26.3 Å². The van der Waals surface area contributed by atoms with Crippen LogP contribution in [-0.2, 0) is 5.41 Å². The second-order valence-electron chi connectivity index (χ2n) is 6.29. The van der Waals surface area contributed by atoms with Crippen LogP contribution in [-0.4, -0.2) is 10.2 Å². The van der Waals surface area contributed by atoms with Crippen molar-refractivity contribution in [3.05, 3.63) is 96.6 Å². The molecule has 3 heteroatoms. The summed E-state index contributed by atoms with van der Waals surface area (Å²) in [5.74, 6) is 0.644. The Hall–Kier alpha value is -2.31. The minimum atomic E-state index is 0. The lowest BCUT2D eigenvalue weighted by atomic mass is 9.87. The highest BCUT2D eigenvalue weighted by Crippen LogP contribution is 2.20. The topological polar surface area (TPSA) is 40.5 Å². The first-order valence-electron chi connectivity index (χ1n) is 7.93. The molecule has 3 rings (SSSR count). The first-order valence-corrected chi connectivity index (χ1v) is 7.93. The summed E-state index contributed by atoms with van der Waals surface area (Å²) >= 11 is 0. The molecule has 134 valence electrons. The Balaban J connectivity index is 0.000000347. The van der Waals surface area contributed by atoms with Crippen LogP contribution in [0.3, 0.4) is 0 Å². The van der Waals surface area contributed by atoms with Crippen molar-refractivity contribution in [3.63, 3.8) is 0 Å². The third-order valence-electron chi connectivity index (χ3n) is 3.15. The first kappa shape index (κ1) is 22.7. The monoisotopic (exact) mass is 356 g/mol. The standard InChI is InChI=1S/C10H14.2C6H6O.H3P/c1-10(2,3)9-7-5-4-6-8-9;2*7-6-4-2-1-3-5-6;/h4-8H,1-3H3;2*1-5,7H;1H3. The van der Waals surface area contributed by atoms with Gasteiger partial charge in [0, 0.05) is 0 Å². The number of phenolic OH excluding ortho intramolecular Hbond substituents is 2. The fourth-order valence-corrected chi connectivity index (χ4v) is 1.79. The van der Waals surface area contributed by atoms with E-state index in [-0.39, 0.29) is 9.90 Å². The third-order valence-corrected chi connectivity index (χ3v) is 3.15. The van der Waals surface area contributed by atoms with Crippen LogP contribution in [0, 0.1) is 0 Å². The molecule has 0 heterocycles. The van der Waals surface area contributed by atoms with Crippen LogP contribution in [0.2, 0.25) is 0 Å². The Morgan fingerprint density at radius 2 is 0.800 bits per heavy atom. The second-order valence-corrected chi connectivity index (χ2v) is 6.29. The molecule has 0 amide bonds. The van der Waals surface area contributed by atoms with Gasteiger partial charge in [-0.15, -0.1) is 0 Å². The molecule has 0 fully saturated rings. The van der Waals surface area contributed by atoms with E-state index in [0.717, 1.165) is 0 Å². The van der Waals surface area contributed by atoms with Crippen LogP contribution < -0.4 is 0 Å². The van der Waals surface area contributed by atoms with E-state index in [9.17, 15) is 0 Å². The molecular weight excluding hydrogens is 327 g/mol. The molecule has 0 aliphatic carbocycles. The zero-order chi connectivity index (χ0) is 17.8. The number of phenols is 2. The van der Waals surface area contributed by atoms with Gasteiger partial charge in [0.05, 0.1) is 0 Å². The molecule has 0 aliphatic heterocycles. The van der Waals surface area contributed by atoms with E-state index >= 15 is 0 Å². The summed E-state index contributed by atoms with van der Waals surface area (Å²) in [6.45, 7) is 6.67. The van der Waals surface area contributed by atoms with Gasteiger partial charge in [-0.2, -0.15) is 9.90 Å². The SMILES string of the molecule is CC(C)(C)c1ccccc1.Oc1ccccc1.Oc1ccccc1.P. The fourth-order valence-electron chi connectivity index (χ4n) is 1.79. The maximum absolute atomic E-state index is 8.63. The van der Waals surface area contributed by atoms with E-state index in [4.69, 9.17) is 10.2 Å². The first-order chi connectivity index (χ1) is 11.4. The van der Waals surface area contributed by atoms with Gasteiger partial charge in [0.25, 0.3) is 0 Å². The lowest BCUT2D eigenvalue weighted by Crippen LogP contribution is -2.10. The smallest absolute Gasteiger partial charge is 0.115 e. The minimum absolute atomic E-state index is 0. The Morgan fingerprint density at radius 1 is 0.520 bits per heavy atom. The predicted octanol–water partition coefficient (Wildman–Crippen LogP) is 5.83. The summed E-state index contributed by atoms with van der Waals surface area (Å²) in [6.07, 6.45) is 0. The molecule has 2 N–H and O–H groups in total. The summed E-state index contributed by atoms with van der Waals surface area (Å²) in [5.41, 5.74) is 1.69. The van der Waals surface area contributed by atoms with E-state index in [2.05, 4.69) is 51.1 Å². The molecule has 25 heavy (non-hydrogen) atoms. The molecule has 1 unspecified atom stereocenters. The highest BCUT2D eigenvalue weighted by atomic mass is 31.0. The van der Waals surface area contributed by atoms with Gasteiger partial charge in [0.2, 0.25) is 0 Å². The minimum Gasteiger partial charge on any atom is -0.508 e. The van der Waals surface area contributed by atoms with Gasteiger partial charge in [-0.3, -0.25) is 0 Å². The van der Waals surface area contributed by atoms with Gasteiger partial charge in [-0.25, -0.2) is 0 Å². The summed E-state index contributed by atoms with van der Waals surface area (Å²) in [5, 5.41) is 17.3. The van der Waals surface area contributed by atoms with Crippen molar-refractivity contribution < 1.29 is 10.2 Å². The molecule has 0 aromatic heterocycles. The van der Waals surface area contributed by atoms with Crippen LogP contribution >= 0.6 is 9.90 Å². The van der Waals surface area contributed by atoms with Gasteiger partial charge < -0.3 is 10.2 Å². The Kier molecular flexibility index (Phi) is 11.0. The summed E-state index contributed by atoms with van der Waals surface area (Å²) < 4.78 is 0. The van der Waals surface area contributed by atoms with E-state index in [0.29, 0.717) is 16.9 Å². The lowest BCUT2D eigenvalue weighted by Gasteiger charge is -2.18. The van der Waals surface area contributed by atoms with E-state index in [1.54, 1.807) is 48.5 Å². The van der Waals surface area contributed by atoms with Crippen LogP contribution in [0.25, 0.3) is 0 Å². The van der Waals surface area contributed by atoms with Crippen molar-refractivity contribution in [2.45, 2.75) is 26.2 Å². The molecule has 1 atom stereocenters. The van der Waals surface area contributed by atoms with Crippen molar-refractivity contribution in [2.75, 3.05) is 0 Å². The Bertz CT molecular complexity index is 625. The number of hydrogen-bond donors (Lipinski definition) is 2. The van der Waals surface area contributed by atoms with Crippen molar-refractivity contribution in [1.82, 2.24) is 0 Å². The Labute approximate surface area is 154 Å². The molecular formula is C22H29O2P. The number of benzene rings is 3. The number of hydrogen-bond acceptors (Lipinski definition) is 2. The third kappa shape index (κ3) is 11.0. The van der Waals surface area contributed by atoms with Gasteiger partial charge in [0.1, 0.15) is 11.5 Å². The molecule has 0 bridgehead atoms. The molecule has 3 aromatic carbocycles. The quantitative estimate of drug-likeness (QED) is 0.498. The van der Waals surface area contributed by atoms with Crippen molar-refractivity contribution in [1.29, 1.82) is 0 Å². The normalized spacial score (nSPS) is 9.40. The molecule has 2 nitrogen and oxygen atoms in total. The highest BCUT2D eigenvalue weighted by Gasteiger charge is 2.11. The molecule has 3 aromatic rings. The van der Waals surface area contributed by atoms with Crippen LogP contribution in [0.5, 0.6) is 11.5 Å². The average Bonchev–Trinajstić information content (AvgIpc) is 2.57. The number of rotatable bonds is 0. The van der Waals surface area contributed by atoms with Crippen molar-refractivity contribution >= 4 is 9.90 Å². The van der Waals surface area contributed by atoms with Crippen molar-refractivity contribution in [3.8, 4) is 11.5 Å². The number of para-hydroxylation sites is 2. The molecule has 0 saturated carbocycles. The Morgan fingerprint density at radius 3 is 0.960 bits per heavy atom. The van der Waals surface area contributed by atoms with E-state index in [1.807, 2.05) is 12.1 Å². The lowest BCUT2D eigenvalue weighted by molar-refractivity contribution is 0.475. The molecule has 0 spiro atoms. The van der Waals surface area contributed by atoms with Crippen LogP contribution in [0.4, 0.5) is 0 Å². The van der Waals surface area contributed by atoms with E-state index in [1.165, 1.54) is 5.56 Å². The second kappa shape index (κ2) is 12.1. The van der Waals surface area contributed by atoms with Gasteiger partial charge in [0.15, 0.2) is 0 Å². The van der Waals surface area contributed by atoms with Gasteiger partial charge in [-0.1, -0.05) is 87.5 Å². The zero-order valence-electron chi connectivity index (χ0n) is 15.3. The highest BCUT2D eigenvalue weighted by molar-refractivity contribution is 6.92. The zero-order valence-corrected chi connectivity index (χ0v) is 16.7. The molecule has 0 aliphatic rings. The summed E-state index contributed by atoms with van der Waals surface area (Å²) in [7, 11) is 0. The van der Waals surface area contributed by atoms with Crippen molar-refractivity contribution in [2.24, 2.45) is 0 Å². The molecule has 0 saturated heterocycles. The largest absolute Gasteiger partial charge is 0.508 e. The maximum Gasteiger partial charge on any atom is 0.115 e. The number of aromatic hydroxyl groups is 2. The maximum atomic E-state index is 8.63. The average molecular weight is 356 g/mol. The van der Waals surface area contributed by atoms with E-state index < -0.39 is 0 Å². The fraction of sp³-hybridized carbons (Fsp3) is 0.182. The predicted molar refractivity (Wildman–Crippen MR) is 112 cm³/mol. The van der Waals surface area contributed by atoms with Gasteiger partial charge >= 0.3 is 0 Å². The van der Waals surface area contributed by atoms with Gasteiger partial charge in [-0.05, 0) is 35.2 Å². The summed E-state index contributed by atoms with van der Waals surface area (Å²) in [4.78, 5) is 0.